The van der Waals surface area contributed by atoms with Crippen molar-refractivity contribution in [3.8, 4) is 0 Å². The summed E-state index contributed by atoms with van der Waals surface area (Å²) in [5.41, 5.74) is 1.09. The average molecular weight is 209 g/mol. The minimum atomic E-state index is -0.924. The highest BCUT2D eigenvalue weighted by molar-refractivity contribution is 5.85. The van der Waals surface area contributed by atoms with Crippen LogP contribution in [0.4, 0.5) is 0 Å². The molecule has 5 heteroatoms. The maximum absolute atomic E-state index is 10.8. The minimum absolute atomic E-state index is 0.220. The van der Waals surface area contributed by atoms with E-state index in [1.54, 1.807) is 13.1 Å². The largest absolute Gasteiger partial charge is 0.477 e. The highest BCUT2D eigenvalue weighted by Crippen LogP contribution is 2.22. The Hall–Kier alpha value is -1.36. The van der Waals surface area contributed by atoms with Crippen molar-refractivity contribution in [1.82, 2.24) is 15.1 Å². The number of aromatic carboxylic acids is 1. The van der Waals surface area contributed by atoms with E-state index in [0.717, 1.165) is 18.7 Å². The normalized spacial score (nSPS) is 21.5. The van der Waals surface area contributed by atoms with Gasteiger partial charge < -0.3 is 10.4 Å². The van der Waals surface area contributed by atoms with Gasteiger partial charge in [-0.1, -0.05) is 6.42 Å². The monoisotopic (exact) mass is 209 g/mol. The molecule has 0 aliphatic carbocycles. The smallest absolute Gasteiger partial charge is 0.354 e. The van der Waals surface area contributed by atoms with E-state index in [0.29, 0.717) is 0 Å². The first-order chi connectivity index (χ1) is 7.18. The van der Waals surface area contributed by atoms with E-state index < -0.39 is 5.97 Å². The van der Waals surface area contributed by atoms with Gasteiger partial charge in [-0.15, -0.1) is 0 Å². The molecule has 0 unspecified atom stereocenters. The Kier molecular flexibility index (Phi) is 2.73. The second-order valence-electron chi connectivity index (χ2n) is 3.89. The van der Waals surface area contributed by atoms with Gasteiger partial charge in [0.1, 0.15) is 5.69 Å². The Morgan fingerprint density at radius 3 is 3.00 bits per heavy atom. The van der Waals surface area contributed by atoms with E-state index in [-0.39, 0.29) is 11.7 Å². The van der Waals surface area contributed by atoms with Crippen LogP contribution in [0.5, 0.6) is 0 Å². The highest BCUT2D eigenvalue weighted by Gasteiger charge is 2.20. The fourth-order valence-corrected chi connectivity index (χ4v) is 1.96. The zero-order valence-electron chi connectivity index (χ0n) is 8.73. The second-order valence-corrected chi connectivity index (χ2v) is 3.89. The first-order valence-corrected chi connectivity index (χ1v) is 5.19. The number of aryl methyl sites for hydroxylation is 1. The molecule has 0 saturated carbocycles. The molecule has 1 atom stereocenters. The lowest BCUT2D eigenvalue weighted by Crippen LogP contribution is -2.27. The molecule has 15 heavy (non-hydrogen) atoms. The number of nitrogens with zero attached hydrogens (tertiary/aromatic N) is 2. The van der Waals surface area contributed by atoms with Crippen molar-refractivity contribution in [2.75, 3.05) is 6.54 Å². The third kappa shape index (κ3) is 2.02. The van der Waals surface area contributed by atoms with Crippen molar-refractivity contribution in [1.29, 1.82) is 0 Å². The number of aromatic nitrogens is 2. The quantitative estimate of drug-likeness (QED) is 0.760. The molecule has 0 amide bonds. The second kappa shape index (κ2) is 4.02. The third-order valence-electron chi connectivity index (χ3n) is 2.79. The van der Waals surface area contributed by atoms with E-state index in [4.69, 9.17) is 5.11 Å². The molecule has 0 radical (unpaired) electrons. The van der Waals surface area contributed by atoms with Crippen LogP contribution >= 0.6 is 0 Å². The maximum Gasteiger partial charge on any atom is 0.354 e. The summed E-state index contributed by atoms with van der Waals surface area (Å²) in [4.78, 5) is 10.8. The number of rotatable bonds is 2. The molecule has 1 saturated heterocycles. The molecule has 5 nitrogen and oxygen atoms in total. The van der Waals surface area contributed by atoms with Crippen molar-refractivity contribution < 1.29 is 9.90 Å². The highest BCUT2D eigenvalue weighted by atomic mass is 16.4. The van der Waals surface area contributed by atoms with Crippen LogP contribution in [-0.2, 0) is 7.05 Å². The zero-order chi connectivity index (χ0) is 10.8. The molecule has 1 aromatic rings. The van der Waals surface area contributed by atoms with Crippen LogP contribution in [-0.4, -0.2) is 27.4 Å². The van der Waals surface area contributed by atoms with Crippen LogP contribution in [0.15, 0.2) is 6.07 Å². The molecule has 1 fully saturated rings. The number of carboxylic acid groups (broad SMARTS) is 1. The summed E-state index contributed by atoms with van der Waals surface area (Å²) in [6, 6.07) is 1.88. The molecule has 2 rings (SSSR count). The Labute approximate surface area is 88.1 Å². The van der Waals surface area contributed by atoms with Gasteiger partial charge in [0, 0.05) is 7.05 Å². The molecule has 1 aliphatic rings. The van der Waals surface area contributed by atoms with E-state index in [2.05, 4.69) is 10.4 Å². The number of carbonyl (C=O) groups is 1. The molecule has 0 aromatic carbocycles. The summed E-state index contributed by atoms with van der Waals surface area (Å²) >= 11 is 0. The van der Waals surface area contributed by atoms with Gasteiger partial charge in [0.15, 0.2) is 0 Å². The zero-order valence-corrected chi connectivity index (χ0v) is 8.73. The molecular formula is C10H15N3O2. The molecule has 2 heterocycles. The van der Waals surface area contributed by atoms with Gasteiger partial charge in [-0.2, -0.15) is 5.10 Å². The predicted octanol–water partition coefficient (Wildman–Crippen LogP) is 0.933. The Morgan fingerprint density at radius 2 is 2.47 bits per heavy atom. The Morgan fingerprint density at radius 1 is 1.67 bits per heavy atom. The van der Waals surface area contributed by atoms with Crippen LogP contribution in [0.3, 0.4) is 0 Å². The molecule has 1 aromatic heterocycles. The van der Waals surface area contributed by atoms with Crippen molar-refractivity contribution >= 4 is 5.97 Å². The summed E-state index contributed by atoms with van der Waals surface area (Å²) in [5, 5.41) is 16.5. The summed E-state index contributed by atoms with van der Waals surface area (Å²) < 4.78 is 1.42. The molecular weight excluding hydrogens is 194 g/mol. The van der Waals surface area contributed by atoms with Gasteiger partial charge >= 0.3 is 5.97 Å². The van der Waals surface area contributed by atoms with Gasteiger partial charge in [-0.25, -0.2) is 4.79 Å². The van der Waals surface area contributed by atoms with Crippen LogP contribution < -0.4 is 5.32 Å². The van der Waals surface area contributed by atoms with Crippen LogP contribution in [0.2, 0.25) is 0 Å². The first-order valence-electron chi connectivity index (χ1n) is 5.19. The van der Waals surface area contributed by atoms with Crippen molar-refractivity contribution in [3.05, 3.63) is 17.5 Å². The van der Waals surface area contributed by atoms with E-state index in [9.17, 15) is 4.79 Å². The summed E-state index contributed by atoms with van der Waals surface area (Å²) in [5.74, 6) is -0.924. The van der Waals surface area contributed by atoms with E-state index in [1.165, 1.54) is 17.5 Å². The van der Waals surface area contributed by atoms with Crippen LogP contribution in [0, 0.1) is 0 Å². The summed E-state index contributed by atoms with van der Waals surface area (Å²) in [6.07, 6.45) is 3.40. The number of nitrogens with one attached hydrogen (secondary N) is 1. The lowest BCUT2D eigenvalue weighted by atomic mass is 10.0. The standard InChI is InChI=1S/C10H15N3O2/c1-13-9(10(14)15)6-8(12-13)7-4-2-3-5-11-7/h6-7,11H,2-5H2,1H3,(H,14,15)/t7-/m1/s1. The Bertz CT molecular complexity index is 367. The van der Waals surface area contributed by atoms with Crippen molar-refractivity contribution in [2.24, 2.45) is 7.05 Å². The van der Waals surface area contributed by atoms with Gasteiger partial charge in [-0.05, 0) is 25.5 Å². The number of hydrogen-bond acceptors (Lipinski definition) is 3. The summed E-state index contributed by atoms with van der Waals surface area (Å²) in [7, 11) is 1.66. The van der Waals surface area contributed by atoms with E-state index >= 15 is 0 Å². The van der Waals surface area contributed by atoms with Crippen molar-refractivity contribution in [3.63, 3.8) is 0 Å². The van der Waals surface area contributed by atoms with Gasteiger partial charge in [-0.3, -0.25) is 4.68 Å². The topological polar surface area (TPSA) is 67.2 Å². The Balaban J connectivity index is 2.21. The lowest BCUT2D eigenvalue weighted by Gasteiger charge is -2.21. The van der Waals surface area contributed by atoms with E-state index in [1.807, 2.05) is 0 Å². The van der Waals surface area contributed by atoms with Gasteiger partial charge in [0.25, 0.3) is 0 Å². The number of hydrogen-bond donors (Lipinski definition) is 2. The summed E-state index contributed by atoms with van der Waals surface area (Å²) in [6.45, 7) is 0.990. The molecule has 0 bridgehead atoms. The van der Waals surface area contributed by atoms with Crippen LogP contribution in [0.1, 0.15) is 41.5 Å². The fraction of sp³-hybridized carbons (Fsp3) is 0.600. The maximum atomic E-state index is 10.8. The fourth-order valence-electron chi connectivity index (χ4n) is 1.96. The molecule has 0 spiro atoms. The average Bonchev–Trinajstić information content (AvgIpc) is 2.62. The van der Waals surface area contributed by atoms with Crippen LogP contribution in [0.25, 0.3) is 0 Å². The third-order valence-corrected chi connectivity index (χ3v) is 2.79. The minimum Gasteiger partial charge on any atom is -0.477 e. The lowest BCUT2D eigenvalue weighted by molar-refractivity contribution is 0.0685. The number of piperidine rings is 1. The molecule has 2 N–H and O–H groups in total. The number of carboxylic acids is 1. The van der Waals surface area contributed by atoms with Crippen molar-refractivity contribution in [2.45, 2.75) is 25.3 Å². The SMILES string of the molecule is Cn1nc([C@H]2CCCCN2)cc1C(=O)O. The predicted molar refractivity (Wildman–Crippen MR) is 54.8 cm³/mol. The molecule has 82 valence electrons. The molecule has 1 aliphatic heterocycles. The first kappa shape index (κ1) is 10.2. The van der Waals surface area contributed by atoms with Gasteiger partial charge in [0.2, 0.25) is 0 Å². The van der Waals surface area contributed by atoms with Gasteiger partial charge in [0.05, 0.1) is 11.7 Å².